The summed E-state index contributed by atoms with van der Waals surface area (Å²) in [4.78, 5) is 14.4. The molecular formula is C15H28N2OS. The minimum Gasteiger partial charge on any atom is -0.343 e. The van der Waals surface area contributed by atoms with E-state index in [0.29, 0.717) is 24.3 Å². The van der Waals surface area contributed by atoms with Crippen molar-refractivity contribution in [3.8, 4) is 0 Å². The quantitative estimate of drug-likeness (QED) is 0.844. The third kappa shape index (κ3) is 3.88. The van der Waals surface area contributed by atoms with E-state index in [0.717, 1.165) is 18.1 Å². The van der Waals surface area contributed by atoms with Gasteiger partial charge in [0, 0.05) is 30.8 Å². The van der Waals surface area contributed by atoms with Crippen LogP contribution < -0.4 is 5.73 Å². The SMILES string of the molecule is CCSC1CCC(N(C)C(=O)C[C@@H]2CCC[C@H]2N)C1. The number of amides is 1. The van der Waals surface area contributed by atoms with E-state index >= 15 is 0 Å². The highest BCUT2D eigenvalue weighted by atomic mass is 32.2. The second kappa shape index (κ2) is 6.98. The highest BCUT2D eigenvalue weighted by Gasteiger charge is 2.32. The first-order chi connectivity index (χ1) is 9.11. The van der Waals surface area contributed by atoms with E-state index in [1.807, 2.05) is 23.7 Å². The van der Waals surface area contributed by atoms with Crippen molar-refractivity contribution in [2.45, 2.75) is 69.2 Å². The van der Waals surface area contributed by atoms with Crippen LogP contribution >= 0.6 is 11.8 Å². The molecule has 19 heavy (non-hydrogen) atoms. The molecule has 0 aromatic rings. The fourth-order valence-electron chi connectivity index (χ4n) is 3.55. The average molecular weight is 284 g/mol. The summed E-state index contributed by atoms with van der Waals surface area (Å²) in [5, 5.41) is 0.763. The summed E-state index contributed by atoms with van der Waals surface area (Å²) in [6.45, 7) is 2.22. The van der Waals surface area contributed by atoms with E-state index in [9.17, 15) is 4.79 Å². The number of hydrogen-bond donors (Lipinski definition) is 1. The van der Waals surface area contributed by atoms with Crippen molar-refractivity contribution >= 4 is 17.7 Å². The molecule has 0 heterocycles. The fraction of sp³-hybridized carbons (Fsp3) is 0.933. The second-order valence-corrected chi connectivity index (χ2v) is 7.69. The molecule has 4 heteroatoms. The maximum Gasteiger partial charge on any atom is 0.222 e. The van der Waals surface area contributed by atoms with Crippen LogP contribution in [0.2, 0.25) is 0 Å². The van der Waals surface area contributed by atoms with Gasteiger partial charge in [0.15, 0.2) is 0 Å². The van der Waals surface area contributed by atoms with E-state index in [2.05, 4.69) is 6.92 Å². The van der Waals surface area contributed by atoms with Crippen LogP contribution in [0.15, 0.2) is 0 Å². The lowest BCUT2D eigenvalue weighted by Crippen LogP contribution is -2.38. The number of thioether (sulfide) groups is 1. The minimum atomic E-state index is 0.254. The average Bonchev–Trinajstić information content (AvgIpc) is 2.99. The van der Waals surface area contributed by atoms with Gasteiger partial charge < -0.3 is 10.6 Å². The van der Waals surface area contributed by atoms with Crippen molar-refractivity contribution in [2.24, 2.45) is 11.7 Å². The molecule has 0 aliphatic heterocycles. The van der Waals surface area contributed by atoms with Crippen molar-refractivity contribution in [1.82, 2.24) is 4.90 Å². The van der Waals surface area contributed by atoms with Gasteiger partial charge in [-0.1, -0.05) is 13.3 Å². The van der Waals surface area contributed by atoms with E-state index in [4.69, 9.17) is 5.73 Å². The molecule has 2 saturated carbocycles. The standard InChI is InChI=1S/C15H28N2OS/c1-3-19-13-8-7-12(10-13)17(2)15(18)9-11-5-4-6-14(11)16/h11-14H,3-10,16H2,1-2H3/t11-,12?,13?,14+/m0/s1. The summed E-state index contributed by atoms with van der Waals surface area (Å²) >= 11 is 2.05. The summed E-state index contributed by atoms with van der Waals surface area (Å²) in [7, 11) is 1.99. The number of nitrogens with two attached hydrogens (primary N) is 1. The van der Waals surface area contributed by atoms with E-state index in [-0.39, 0.29) is 6.04 Å². The van der Waals surface area contributed by atoms with Gasteiger partial charge in [0.2, 0.25) is 5.91 Å². The summed E-state index contributed by atoms with van der Waals surface area (Å²) in [5.74, 6) is 1.93. The van der Waals surface area contributed by atoms with Crippen molar-refractivity contribution in [1.29, 1.82) is 0 Å². The van der Waals surface area contributed by atoms with Crippen LogP contribution in [0.4, 0.5) is 0 Å². The topological polar surface area (TPSA) is 46.3 Å². The molecule has 3 nitrogen and oxygen atoms in total. The van der Waals surface area contributed by atoms with Crippen LogP contribution in [0.25, 0.3) is 0 Å². The zero-order valence-corrected chi connectivity index (χ0v) is 13.1. The lowest BCUT2D eigenvalue weighted by Gasteiger charge is -2.27. The van der Waals surface area contributed by atoms with Crippen molar-refractivity contribution in [3.63, 3.8) is 0 Å². The van der Waals surface area contributed by atoms with E-state index in [1.54, 1.807) is 0 Å². The number of nitrogens with zero attached hydrogens (tertiary/aromatic N) is 1. The predicted molar refractivity (Wildman–Crippen MR) is 82.3 cm³/mol. The Kier molecular flexibility index (Phi) is 5.58. The van der Waals surface area contributed by atoms with E-state index < -0.39 is 0 Å². The summed E-state index contributed by atoms with van der Waals surface area (Å²) < 4.78 is 0. The smallest absolute Gasteiger partial charge is 0.222 e. The first-order valence-electron chi connectivity index (χ1n) is 7.74. The molecule has 2 unspecified atom stereocenters. The first-order valence-corrected chi connectivity index (χ1v) is 8.79. The van der Waals surface area contributed by atoms with Gasteiger partial charge in [0.1, 0.15) is 0 Å². The highest BCUT2D eigenvalue weighted by molar-refractivity contribution is 7.99. The molecule has 110 valence electrons. The lowest BCUT2D eigenvalue weighted by molar-refractivity contribution is -0.132. The molecule has 0 bridgehead atoms. The Morgan fingerprint density at radius 3 is 2.74 bits per heavy atom. The molecular weight excluding hydrogens is 256 g/mol. The zero-order valence-electron chi connectivity index (χ0n) is 12.3. The normalized spacial score (nSPS) is 34.7. The number of carbonyl (C=O) groups excluding carboxylic acids is 1. The minimum absolute atomic E-state index is 0.254. The Morgan fingerprint density at radius 1 is 1.32 bits per heavy atom. The summed E-state index contributed by atoms with van der Waals surface area (Å²) in [6, 6.07) is 0.721. The Labute approximate surface area is 121 Å². The number of hydrogen-bond acceptors (Lipinski definition) is 3. The first kappa shape index (κ1) is 15.2. The lowest BCUT2D eigenvalue weighted by atomic mass is 9.99. The maximum atomic E-state index is 12.4. The van der Waals surface area contributed by atoms with Crippen molar-refractivity contribution in [3.05, 3.63) is 0 Å². The van der Waals surface area contributed by atoms with Crippen LogP contribution in [0.3, 0.4) is 0 Å². The highest BCUT2D eigenvalue weighted by Crippen LogP contribution is 2.33. The molecule has 0 aromatic heterocycles. The van der Waals surface area contributed by atoms with Gasteiger partial charge in [-0.15, -0.1) is 0 Å². The third-order valence-electron chi connectivity index (χ3n) is 4.85. The van der Waals surface area contributed by atoms with Crippen LogP contribution in [0.1, 0.15) is 51.9 Å². The maximum absolute atomic E-state index is 12.4. The van der Waals surface area contributed by atoms with Crippen LogP contribution in [-0.4, -0.2) is 40.9 Å². The van der Waals surface area contributed by atoms with Crippen LogP contribution in [0.5, 0.6) is 0 Å². The van der Waals surface area contributed by atoms with Gasteiger partial charge in [0.05, 0.1) is 0 Å². The Bertz CT molecular complexity index is 311. The summed E-state index contributed by atoms with van der Waals surface area (Å²) in [5.41, 5.74) is 6.07. The van der Waals surface area contributed by atoms with Gasteiger partial charge in [0.25, 0.3) is 0 Å². The van der Waals surface area contributed by atoms with Crippen LogP contribution in [-0.2, 0) is 4.79 Å². The van der Waals surface area contributed by atoms with Gasteiger partial charge in [-0.3, -0.25) is 4.79 Å². The van der Waals surface area contributed by atoms with Crippen molar-refractivity contribution < 1.29 is 4.79 Å². The molecule has 2 aliphatic carbocycles. The predicted octanol–water partition coefficient (Wildman–Crippen LogP) is 2.64. The number of rotatable bonds is 5. The monoisotopic (exact) mass is 284 g/mol. The number of carbonyl (C=O) groups is 1. The van der Waals surface area contributed by atoms with Crippen molar-refractivity contribution in [2.75, 3.05) is 12.8 Å². The van der Waals surface area contributed by atoms with Gasteiger partial charge in [-0.2, -0.15) is 11.8 Å². The molecule has 2 fully saturated rings. The molecule has 0 radical (unpaired) electrons. The molecule has 2 rings (SSSR count). The van der Waals surface area contributed by atoms with Gasteiger partial charge in [-0.05, 0) is 43.8 Å². The molecule has 4 atom stereocenters. The zero-order chi connectivity index (χ0) is 13.8. The fourth-order valence-corrected chi connectivity index (χ4v) is 4.68. The molecule has 1 amide bonds. The van der Waals surface area contributed by atoms with Gasteiger partial charge >= 0.3 is 0 Å². The molecule has 0 saturated heterocycles. The third-order valence-corrected chi connectivity index (χ3v) is 6.09. The molecule has 0 spiro atoms. The molecule has 2 N–H and O–H groups in total. The van der Waals surface area contributed by atoms with Gasteiger partial charge in [-0.25, -0.2) is 0 Å². The van der Waals surface area contributed by atoms with E-state index in [1.165, 1.54) is 31.4 Å². The largest absolute Gasteiger partial charge is 0.343 e. The molecule has 0 aromatic carbocycles. The van der Waals surface area contributed by atoms with Crippen LogP contribution in [0, 0.1) is 5.92 Å². The Balaban J connectivity index is 1.79. The Hall–Kier alpha value is -0.220. The summed E-state index contributed by atoms with van der Waals surface area (Å²) in [6.07, 6.45) is 7.72. The molecule has 2 aliphatic rings. The second-order valence-electron chi connectivity index (χ2n) is 6.11. The Morgan fingerprint density at radius 2 is 2.11 bits per heavy atom.